The maximum atomic E-state index is 12.5. The number of aliphatic hydroxyl groups excluding tert-OH is 1. The summed E-state index contributed by atoms with van der Waals surface area (Å²) >= 11 is 0. The Balaban J connectivity index is 1.83. The largest absolute Gasteiger partial charge is 0.494 e. The molecule has 148 valence electrons. The van der Waals surface area contributed by atoms with E-state index < -0.39 is 4.92 Å². The van der Waals surface area contributed by atoms with Crippen LogP contribution in [0.1, 0.15) is 55.3 Å². The van der Waals surface area contributed by atoms with Crippen molar-refractivity contribution in [1.29, 1.82) is 0 Å². The highest BCUT2D eigenvalue weighted by Gasteiger charge is 2.24. The van der Waals surface area contributed by atoms with Gasteiger partial charge in [-0.2, -0.15) is 0 Å². The molecule has 1 aromatic carbocycles. The number of benzene rings is 1. The van der Waals surface area contributed by atoms with Gasteiger partial charge < -0.3 is 14.7 Å². The molecule has 2 rings (SSSR count). The summed E-state index contributed by atoms with van der Waals surface area (Å²) in [6, 6.07) is 4.21. The summed E-state index contributed by atoms with van der Waals surface area (Å²) in [5.74, 6) is 0.367. The van der Waals surface area contributed by atoms with Crippen molar-refractivity contribution in [3.8, 4) is 5.75 Å². The highest BCUT2D eigenvalue weighted by molar-refractivity contribution is 5.82. The Morgan fingerprint density at radius 3 is 2.70 bits per heavy atom. The fourth-order valence-corrected chi connectivity index (χ4v) is 3.45. The predicted molar refractivity (Wildman–Crippen MR) is 98.9 cm³/mol. The van der Waals surface area contributed by atoms with Gasteiger partial charge in [0.15, 0.2) is 6.29 Å². The lowest BCUT2D eigenvalue weighted by Gasteiger charge is -2.34. The number of carbonyl (C=O) groups excluding carboxylic acids is 2. The Morgan fingerprint density at radius 2 is 2.07 bits per heavy atom. The quantitative estimate of drug-likeness (QED) is 0.290. The number of carbonyl (C=O) groups is 2. The van der Waals surface area contributed by atoms with Crippen LogP contribution in [0.5, 0.6) is 5.75 Å². The molecule has 8 heteroatoms. The van der Waals surface area contributed by atoms with Gasteiger partial charge in [0.2, 0.25) is 5.91 Å². The summed E-state index contributed by atoms with van der Waals surface area (Å²) in [5.41, 5.74) is -0.306. The van der Waals surface area contributed by atoms with E-state index in [1.165, 1.54) is 24.6 Å². The second kappa shape index (κ2) is 10.6. The molecule has 0 radical (unpaired) electrons. The summed E-state index contributed by atoms with van der Waals surface area (Å²) in [6.45, 7) is 0.574. The molecule has 27 heavy (non-hydrogen) atoms. The van der Waals surface area contributed by atoms with E-state index in [1.54, 1.807) is 4.90 Å². The summed E-state index contributed by atoms with van der Waals surface area (Å²) in [4.78, 5) is 35.5. The van der Waals surface area contributed by atoms with Crippen LogP contribution in [0, 0.1) is 10.1 Å². The second-order valence-corrected chi connectivity index (χ2v) is 6.65. The molecule has 0 aromatic heterocycles. The number of nitro groups is 1. The third-order valence-corrected chi connectivity index (χ3v) is 4.80. The van der Waals surface area contributed by atoms with E-state index in [0.29, 0.717) is 31.4 Å². The lowest BCUT2D eigenvalue weighted by molar-refractivity contribution is -0.385. The molecule has 0 bridgehead atoms. The number of hydrogen-bond donors (Lipinski definition) is 1. The molecular formula is C19H26N2O6. The minimum Gasteiger partial charge on any atom is -0.494 e. The van der Waals surface area contributed by atoms with Gasteiger partial charge in [-0.3, -0.25) is 19.7 Å². The molecule has 8 nitrogen and oxygen atoms in total. The number of ether oxygens (including phenoxy) is 1. The van der Waals surface area contributed by atoms with Crippen LogP contribution in [0.2, 0.25) is 0 Å². The molecule has 1 amide bonds. The van der Waals surface area contributed by atoms with Crippen molar-refractivity contribution in [2.45, 2.75) is 51.0 Å². The van der Waals surface area contributed by atoms with Gasteiger partial charge in [0.1, 0.15) is 5.75 Å². The zero-order chi connectivity index (χ0) is 19.6. The number of rotatable bonds is 10. The molecule has 0 unspecified atom stereocenters. The SMILES string of the molecule is O=Cc1cc(OCCCC(=O)N(CCO)C2CCCCC2)ccc1[N+](=O)[O-]. The Morgan fingerprint density at radius 1 is 1.33 bits per heavy atom. The fourth-order valence-electron chi connectivity index (χ4n) is 3.45. The molecule has 0 heterocycles. The van der Waals surface area contributed by atoms with Crippen LogP contribution in [0.15, 0.2) is 18.2 Å². The first-order valence-corrected chi connectivity index (χ1v) is 9.33. The first kappa shape index (κ1) is 20.8. The normalized spacial score (nSPS) is 14.6. The Labute approximate surface area is 158 Å². The number of aliphatic hydroxyl groups is 1. The molecule has 1 aliphatic rings. The number of hydrogen-bond acceptors (Lipinski definition) is 6. The molecule has 1 saturated carbocycles. The number of amides is 1. The first-order chi connectivity index (χ1) is 13.1. The minimum atomic E-state index is -0.618. The van der Waals surface area contributed by atoms with Crippen LogP contribution in [0.25, 0.3) is 0 Å². The maximum absolute atomic E-state index is 12.5. The van der Waals surface area contributed by atoms with Crippen molar-refractivity contribution in [3.63, 3.8) is 0 Å². The average molecular weight is 378 g/mol. The lowest BCUT2D eigenvalue weighted by Crippen LogP contribution is -2.43. The van der Waals surface area contributed by atoms with E-state index in [9.17, 15) is 24.8 Å². The zero-order valence-electron chi connectivity index (χ0n) is 15.3. The van der Waals surface area contributed by atoms with Gasteiger partial charge in [-0.1, -0.05) is 19.3 Å². The van der Waals surface area contributed by atoms with Crippen LogP contribution >= 0.6 is 0 Å². The molecular weight excluding hydrogens is 352 g/mol. The molecule has 1 fully saturated rings. The van der Waals surface area contributed by atoms with Crippen molar-refractivity contribution in [3.05, 3.63) is 33.9 Å². The van der Waals surface area contributed by atoms with Crippen LogP contribution in [0.4, 0.5) is 5.69 Å². The van der Waals surface area contributed by atoms with Gasteiger partial charge in [-0.05, 0) is 31.4 Å². The van der Waals surface area contributed by atoms with Crippen molar-refractivity contribution >= 4 is 17.9 Å². The zero-order valence-corrected chi connectivity index (χ0v) is 15.3. The van der Waals surface area contributed by atoms with Gasteiger partial charge in [-0.25, -0.2) is 0 Å². The first-order valence-electron chi connectivity index (χ1n) is 9.33. The summed E-state index contributed by atoms with van der Waals surface area (Å²) in [5, 5.41) is 20.1. The Kier molecular flexibility index (Phi) is 8.19. The van der Waals surface area contributed by atoms with E-state index in [4.69, 9.17) is 4.74 Å². The third kappa shape index (κ3) is 6.02. The number of nitro benzene ring substituents is 1. The smallest absolute Gasteiger partial charge is 0.280 e. The monoisotopic (exact) mass is 378 g/mol. The van der Waals surface area contributed by atoms with Gasteiger partial charge in [0, 0.05) is 25.1 Å². The van der Waals surface area contributed by atoms with Crippen LogP contribution < -0.4 is 4.74 Å². The topological polar surface area (TPSA) is 110 Å². The van der Waals surface area contributed by atoms with Gasteiger partial charge in [0.05, 0.1) is 23.7 Å². The Bertz CT molecular complexity index is 658. The molecule has 0 atom stereocenters. The van der Waals surface area contributed by atoms with Gasteiger partial charge in [-0.15, -0.1) is 0 Å². The van der Waals surface area contributed by atoms with Gasteiger partial charge >= 0.3 is 0 Å². The van der Waals surface area contributed by atoms with E-state index in [-0.39, 0.29) is 36.4 Å². The van der Waals surface area contributed by atoms with Crippen molar-refractivity contribution in [1.82, 2.24) is 4.90 Å². The molecule has 0 aliphatic heterocycles. The standard InChI is InChI=1S/C19H26N2O6/c22-11-10-20(16-5-2-1-3-6-16)19(24)7-4-12-27-17-8-9-18(21(25)26)15(13-17)14-23/h8-9,13-14,16,22H,1-7,10-12H2. The fraction of sp³-hybridized carbons (Fsp3) is 0.579. The molecule has 1 aliphatic carbocycles. The van der Waals surface area contributed by atoms with Crippen LogP contribution in [-0.4, -0.2) is 52.9 Å². The van der Waals surface area contributed by atoms with E-state index in [2.05, 4.69) is 0 Å². The second-order valence-electron chi connectivity index (χ2n) is 6.65. The molecule has 1 aromatic rings. The minimum absolute atomic E-state index is 0.0110. The third-order valence-electron chi connectivity index (χ3n) is 4.80. The van der Waals surface area contributed by atoms with Crippen LogP contribution in [-0.2, 0) is 4.79 Å². The number of aldehydes is 1. The molecule has 0 spiro atoms. The van der Waals surface area contributed by atoms with Crippen LogP contribution in [0.3, 0.4) is 0 Å². The lowest BCUT2D eigenvalue weighted by atomic mass is 9.94. The van der Waals surface area contributed by atoms with Crippen molar-refractivity contribution in [2.24, 2.45) is 0 Å². The summed E-state index contributed by atoms with van der Waals surface area (Å²) < 4.78 is 5.52. The molecule has 0 saturated heterocycles. The van der Waals surface area contributed by atoms with Gasteiger partial charge in [0.25, 0.3) is 5.69 Å². The summed E-state index contributed by atoms with van der Waals surface area (Å²) in [7, 11) is 0. The van der Waals surface area contributed by atoms with Crippen molar-refractivity contribution in [2.75, 3.05) is 19.8 Å². The Hall–Kier alpha value is -2.48. The van der Waals surface area contributed by atoms with E-state index >= 15 is 0 Å². The summed E-state index contributed by atoms with van der Waals surface area (Å²) in [6.07, 6.45) is 6.61. The van der Waals surface area contributed by atoms with Crippen molar-refractivity contribution < 1.29 is 24.4 Å². The van der Waals surface area contributed by atoms with E-state index in [0.717, 1.165) is 25.7 Å². The molecule has 1 N–H and O–H groups in total. The van der Waals surface area contributed by atoms with E-state index in [1.807, 2.05) is 0 Å². The average Bonchev–Trinajstić information content (AvgIpc) is 2.69. The number of nitrogens with zero attached hydrogens (tertiary/aromatic N) is 2. The highest BCUT2D eigenvalue weighted by atomic mass is 16.6. The predicted octanol–water partition coefficient (Wildman–Crippen LogP) is 2.72. The maximum Gasteiger partial charge on any atom is 0.280 e. The highest BCUT2D eigenvalue weighted by Crippen LogP contribution is 2.24.